The second kappa shape index (κ2) is 4.38. The van der Waals surface area contributed by atoms with Crippen molar-refractivity contribution in [1.29, 1.82) is 0 Å². The van der Waals surface area contributed by atoms with Gasteiger partial charge in [-0.05, 0) is 26.0 Å². The zero-order chi connectivity index (χ0) is 13.6. The molecule has 0 atom stereocenters. The van der Waals surface area contributed by atoms with Gasteiger partial charge in [0.1, 0.15) is 0 Å². The van der Waals surface area contributed by atoms with E-state index in [2.05, 4.69) is 59.3 Å². The van der Waals surface area contributed by atoms with E-state index in [-0.39, 0.29) is 0 Å². The van der Waals surface area contributed by atoms with E-state index in [4.69, 9.17) is 0 Å². The Labute approximate surface area is 116 Å². The second-order valence-corrected chi connectivity index (χ2v) is 5.69. The number of nitrogens with zero attached hydrogens (tertiary/aromatic N) is 2. The molecule has 0 aliphatic rings. The number of hydrogen-bond acceptors (Lipinski definition) is 3. The molecule has 0 unspecified atom stereocenters. The van der Waals surface area contributed by atoms with Crippen LogP contribution in [0.2, 0.25) is 0 Å². The van der Waals surface area contributed by atoms with Gasteiger partial charge in [-0.1, -0.05) is 11.6 Å². The molecule has 98 valence electrons. The van der Waals surface area contributed by atoms with E-state index in [1.165, 1.54) is 27.7 Å². The summed E-state index contributed by atoms with van der Waals surface area (Å²) in [6.45, 7) is 4.29. The van der Waals surface area contributed by atoms with E-state index >= 15 is 0 Å². The number of anilines is 1. The van der Waals surface area contributed by atoms with Crippen molar-refractivity contribution in [2.45, 2.75) is 13.8 Å². The summed E-state index contributed by atoms with van der Waals surface area (Å²) in [4.78, 5) is 4.65. The van der Waals surface area contributed by atoms with Crippen molar-refractivity contribution in [3.63, 3.8) is 0 Å². The molecule has 19 heavy (non-hydrogen) atoms. The Morgan fingerprint density at radius 3 is 2.74 bits per heavy atom. The Kier molecular flexibility index (Phi) is 2.82. The molecule has 3 aromatic rings. The average Bonchev–Trinajstić information content (AvgIpc) is 2.94. The summed E-state index contributed by atoms with van der Waals surface area (Å²) in [6, 6.07) is 6.59. The van der Waals surface area contributed by atoms with Crippen molar-refractivity contribution in [1.82, 2.24) is 9.55 Å². The molecule has 0 aliphatic carbocycles. The van der Waals surface area contributed by atoms with E-state index < -0.39 is 0 Å². The Hall–Kier alpha value is -1.81. The third-order valence-electron chi connectivity index (χ3n) is 3.62. The van der Waals surface area contributed by atoms with E-state index in [0.717, 1.165) is 10.8 Å². The van der Waals surface area contributed by atoms with Crippen molar-refractivity contribution in [2.75, 3.05) is 12.4 Å². The van der Waals surface area contributed by atoms with Crippen LogP contribution in [0.3, 0.4) is 0 Å². The molecule has 0 fully saturated rings. The summed E-state index contributed by atoms with van der Waals surface area (Å²) in [6.07, 6.45) is 0. The lowest BCUT2D eigenvalue weighted by molar-refractivity contribution is 0.919. The van der Waals surface area contributed by atoms with Gasteiger partial charge in [-0.3, -0.25) is 0 Å². The monoisotopic (exact) mass is 271 g/mol. The van der Waals surface area contributed by atoms with Crippen LogP contribution in [-0.2, 0) is 7.05 Å². The molecule has 0 saturated carbocycles. The third-order valence-corrected chi connectivity index (χ3v) is 4.48. The summed E-state index contributed by atoms with van der Waals surface area (Å²) in [5.74, 6) is 0. The molecular weight excluding hydrogens is 254 g/mol. The van der Waals surface area contributed by atoms with Crippen molar-refractivity contribution < 1.29 is 0 Å². The van der Waals surface area contributed by atoms with Crippen LogP contribution in [0.5, 0.6) is 0 Å². The lowest BCUT2D eigenvalue weighted by Gasteiger charge is -1.99. The van der Waals surface area contributed by atoms with Crippen LogP contribution in [0.15, 0.2) is 23.6 Å². The maximum atomic E-state index is 4.65. The molecule has 0 bridgehead atoms. The summed E-state index contributed by atoms with van der Waals surface area (Å²) in [5, 5.41) is 7.47. The SMILES string of the molecule is CNc1nc(-c2c(C)n(C)c3ccc(C)cc23)cs1. The molecule has 2 heterocycles. The van der Waals surface area contributed by atoms with Crippen LogP contribution in [-0.4, -0.2) is 16.6 Å². The fourth-order valence-electron chi connectivity index (χ4n) is 2.51. The molecule has 0 radical (unpaired) electrons. The van der Waals surface area contributed by atoms with Crippen molar-refractivity contribution >= 4 is 27.4 Å². The van der Waals surface area contributed by atoms with Gasteiger partial charge < -0.3 is 9.88 Å². The smallest absolute Gasteiger partial charge is 0.182 e. The molecule has 0 amide bonds. The highest BCUT2D eigenvalue weighted by molar-refractivity contribution is 7.14. The first-order chi connectivity index (χ1) is 9.11. The number of thiazole rings is 1. The fraction of sp³-hybridized carbons (Fsp3) is 0.267. The van der Waals surface area contributed by atoms with Crippen molar-refractivity contribution in [2.24, 2.45) is 7.05 Å². The Bertz CT molecular complexity index is 752. The van der Waals surface area contributed by atoms with Gasteiger partial charge >= 0.3 is 0 Å². The van der Waals surface area contributed by atoms with Crippen LogP contribution in [0.4, 0.5) is 5.13 Å². The van der Waals surface area contributed by atoms with Crippen molar-refractivity contribution in [3.8, 4) is 11.3 Å². The van der Waals surface area contributed by atoms with E-state index in [1.54, 1.807) is 11.3 Å². The van der Waals surface area contributed by atoms with Gasteiger partial charge in [-0.25, -0.2) is 4.98 Å². The number of aromatic nitrogens is 2. The van der Waals surface area contributed by atoms with Gasteiger partial charge in [0.05, 0.1) is 5.69 Å². The molecule has 1 N–H and O–H groups in total. The van der Waals surface area contributed by atoms with Gasteiger partial charge in [0, 0.05) is 41.6 Å². The molecular formula is C15H17N3S. The van der Waals surface area contributed by atoms with Crippen LogP contribution >= 0.6 is 11.3 Å². The number of rotatable bonds is 2. The van der Waals surface area contributed by atoms with Gasteiger partial charge in [-0.15, -0.1) is 11.3 Å². The van der Waals surface area contributed by atoms with Crippen LogP contribution in [0.25, 0.3) is 22.2 Å². The second-order valence-electron chi connectivity index (χ2n) is 4.83. The normalized spacial score (nSPS) is 11.2. The number of aryl methyl sites for hydroxylation is 2. The highest BCUT2D eigenvalue weighted by Gasteiger charge is 2.16. The van der Waals surface area contributed by atoms with Gasteiger partial charge in [0.15, 0.2) is 5.13 Å². The van der Waals surface area contributed by atoms with E-state index in [1.807, 2.05) is 7.05 Å². The van der Waals surface area contributed by atoms with Gasteiger partial charge in [0.25, 0.3) is 0 Å². The molecule has 2 aromatic heterocycles. The number of hydrogen-bond donors (Lipinski definition) is 1. The zero-order valence-electron chi connectivity index (χ0n) is 11.6. The minimum Gasteiger partial charge on any atom is -0.365 e. The minimum atomic E-state index is 0.957. The Morgan fingerprint density at radius 2 is 2.05 bits per heavy atom. The Morgan fingerprint density at radius 1 is 1.26 bits per heavy atom. The number of benzene rings is 1. The molecule has 1 aromatic carbocycles. The van der Waals surface area contributed by atoms with Crippen LogP contribution < -0.4 is 5.32 Å². The number of nitrogens with one attached hydrogen (secondary N) is 1. The largest absolute Gasteiger partial charge is 0.365 e. The fourth-order valence-corrected chi connectivity index (χ4v) is 3.18. The molecule has 0 saturated heterocycles. The summed E-state index contributed by atoms with van der Waals surface area (Å²) in [5.41, 5.74) is 6.11. The van der Waals surface area contributed by atoms with E-state index in [9.17, 15) is 0 Å². The number of fused-ring (bicyclic) bond motifs is 1. The summed E-state index contributed by atoms with van der Waals surface area (Å²) in [7, 11) is 4.02. The molecule has 3 rings (SSSR count). The van der Waals surface area contributed by atoms with Crippen molar-refractivity contribution in [3.05, 3.63) is 34.8 Å². The quantitative estimate of drug-likeness (QED) is 0.764. The molecule has 3 nitrogen and oxygen atoms in total. The zero-order valence-corrected chi connectivity index (χ0v) is 12.4. The lowest BCUT2D eigenvalue weighted by atomic mass is 10.1. The lowest BCUT2D eigenvalue weighted by Crippen LogP contribution is -1.91. The first-order valence-corrected chi connectivity index (χ1v) is 7.19. The Balaban J connectivity index is 2.33. The maximum absolute atomic E-state index is 4.65. The standard InChI is InChI=1S/C15H17N3S/c1-9-5-6-13-11(7-9)14(10(2)18(13)4)12-8-19-15(16-3)17-12/h5-8H,1-4H3,(H,16,17). The first kappa shape index (κ1) is 12.2. The van der Waals surface area contributed by atoms with Crippen LogP contribution in [0, 0.1) is 13.8 Å². The highest BCUT2D eigenvalue weighted by Crippen LogP contribution is 2.35. The molecule has 0 aliphatic heterocycles. The highest BCUT2D eigenvalue weighted by atomic mass is 32.1. The minimum absolute atomic E-state index is 0.957. The summed E-state index contributed by atoms with van der Waals surface area (Å²) < 4.78 is 2.24. The van der Waals surface area contributed by atoms with Crippen LogP contribution in [0.1, 0.15) is 11.3 Å². The summed E-state index contributed by atoms with van der Waals surface area (Å²) >= 11 is 1.64. The first-order valence-electron chi connectivity index (χ1n) is 6.31. The molecule has 4 heteroatoms. The van der Waals surface area contributed by atoms with Gasteiger partial charge in [-0.2, -0.15) is 0 Å². The van der Waals surface area contributed by atoms with E-state index in [0.29, 0.717) is 0 Å². The molecule has 0 spiro atoms. The topological polar surface area (TPSA) is 29.9 Å². The average molecular weight is 271 g/mol. The third kappa shape index (κ3) is 1.83. The van der Waals surface area contributed by atoms with Gasteiger partial charge in [0.2, 0.25) is 0 Å². The maximum Gasteiger partial charge on any atom is 0.182 e. The predicted molar refractivity (Wildman–Crippen MR) is 83.0 cm³/mol. The predicted octanol–water partition coefficient (Wildman–Crippen LogP) is 3.96.